The molecule has 7 heteroatoms. The molecule has 2 aromatic rings. The van der Waals surface area contributed by atoms with Gasteiger partial charge in [-0.25, -0.2) is 0 Å². The number of fused-ring (bicyclic) bond motifs is 1. The Labute approximate surface area is 156 Å². The Morgan fingerprint density at radius 1 is 1.23 bits per heavy atom. The lowest BCUT2D eigenvalue weighted by Gasteiger charge is -2.37. The quantitative estimate of drug-likeness (QED) is 0.850. The van der Waals surface area contributed by atoms with Gasteiger partial charge in [-0.2, -0.15) is 0 Å². The third kappa shape index (κ3) is 3.25. The first kappa shape index (κ1) is 16.9. The van der Waals surface area contributed by atoms with Gasteiger partial charge in [0.2, 0.25) is 0 Å². The summed E-state index contributed by atoms with van der Waals surface area (Å²) in [4.78, 5) is 26.5. The van der Waals surface area contributed by atoms with Crippen LogP contribution in [0.5, 0.6) is 5.75 Å². The average molecular weight is 372 g/mol. The van der Waals surface area contributed by atoms with Gasteiger partial charge in [-0.05, 0) is 35.9 Å². The van der Waals surface area contributed by atoms with Gasteiger partial charge in [0.05, 0.1) is 11.7 Å². The Bertz CT molecular complexity index is 871. The number of nitrogens with one attached hydrogen (secondary N) is 2. The summed E-state index contributed by atoms with van der Waals surface area (Å²) in [7, 11) is 0. The summed E-state index contributed by atoms with van der Waals surface area (Å²) in [6.07, 6.45) is 0. The van der Waals surface area contributed by atoms with Gasteiger partial charge in [0.25, 0.3) is 11.8 Å². The van der Waals surface area contributed by atoms with E-state index >= 15 is 0 Å². The number of anilines is 1. The van der Waals surface area contributed by atoms with E-state index in [1.165, 1.54) is 0 Å². The number of benzene rings is 2. The van der Waals surface area contributed by atoms with Crippen LogP contribution in [-0.4, -0.2) is 43.0 Å². The molecule has 0 aliphatic carbocycles. The summed E-state index contributed by atoms with van der Waals surface area (Å²) in [5.74, 6) is 0.271. The third-order valence-corrected chi connectivity index (χ3v) is 4.83. The van der Waals surface area contributed by atoms with Crippen molar-refractivity contribution >= 4 is 29.1 Å². The fourth-order valence-corrected chi connectivity index (χ4v) is 3.54. The van der Waals surface area contributed by atoms with Gasteiger partial charge < -0.3 is 20.3 Å². The number of carbonyl (C=O) groups is 2. The first-order chi connectivity index (χ1) is 12.6. The van der Waals surface area contributed by atoms with Crippen molar-refractivity contribution in [2.24, 2.45) is 0 Å². The minimum Gasteiger partial charge on any atom is -0.482 e. The number of amides is 2. The molecule has 1 atom stereocenters. The van der Waals surface area contributed by atoms with Gasteiger partial charge in [-0.15, -0.1) is 0 Å². The zero-order chi connectivity index (χ0) is 18.1. The second kappa shape index (κ2) is 6.97. The van der Waals surface area contributed by atoms with Crippen molar-refractivity contribution in [3.8, 4) is 5.75 Å². The van der Waals surface area contributed by atoms with Crippen LogP contribution in [0.3, 0.4) is 0 Å². The van der Waals surface area contributed by atoms with Crippen molar-refractivity contribution in [3.63, 3.8) is 0 Å². The normalized spacial score (nSPS) is 19.3. The number of rotatable bonds is 2. The molecule has 1 fully saturated rings. The number of piperazine rings is 1. The second-order valence-electron chi connectivity index (χ2n) is 6.32. The highest BCUT2D eigenvalue weighted by atomic mass is 35.5. The SMILES string of the molecule is O=C1COc2ccc(C(=O)N3CCNCC3c3cccc(Cl)c3)cc2N1. The zero-order valence-corrected chi connectivity index (χ0v) is 14.8. The monoisotopic (exact) mass is 371 g/mol. The Kier molecular flexibility index (Phi) is 4.53. The molecule has 134 valence electrons. The molecule has 0 radical (unpaired) electrons. The van der Waals surface area contributed by atoms with E-state index in [4.69, 9.17) is 16.3 Å². The summed E-state index contributed by atoms with van der Waals surface area (Å²) < 4.78 is 5.36. The Morgan fingerprint density at radius 3 is 2.96 bits per heavy atom. The number of ether oxygens (including phenoxy) is 1. The molecule has 2 aliphatic heterocycles. The Morgan fingerprint density at radius 2 is 2.12 bits per heavy atom. The van der Waals surface area contributed by atoms with E-state index in [0.717, 1.165) is 12.1 Å². The second-order valence-corrected chi connectivity index (χ2v) is 6.76. The van der Waals surface area contributed by atoms with Crippen molar-refractivity contribution in [2.75, 3.05) is 31.6 Å². The molecule has 0 spiro atoms. The summed E-state index contributed by atoms with van der Waals surface area (Å²) in [5.41, 5.74) is 2.04. The molecule has 0 bridgehead atoms. The van der Waals surface area contributed by atoms with E-state index < -0.39 is 0 Å². The zero-order valence-electron chi connectivity index (χ0n) is 14.0. The minimum atomic E-state index is -0.221. The number of hydrogen-bond donors (Lipinski definition) is 2. The van der Waals surface area contributed by atoms with Crippen LogP contribution in [-0.2, 0) is 4.79 Å². The number of halogens is 1. The van der Waals surface area contributed by atoms with Gasteiger partial charge in [-0.1, -0.05) is 23.7 Å². The standard InChI is InChI=1S/C19H18ClN3O3/c20-14-3-1-2-12(8-14)16-10-21-6-7-23(16)19(25)13-4-5-17-15(9-13)22-18(24)11-26-17/h1-5,8-9,16,21H,6-7,10-11H2,(H,22,24). The molecule has 2 N–H and O–H groups in total. The lowest BCUT2D eigenvalue weighted by atomic mass is 10.0. The first-order valence-corrected chi connectivity index (χ1v) is 8.83. The van der Waals surface area contributed by atoms with Crippen LogP contribution in [0.15, 0.2) is 42.5 Å². The highest BCUT2D eigenvalue weighted by Gasteiger charge is 2.29. The summed E-state index contributed by atoms with van der Waals surface area (Å²) >= 11 is 6.12. The predicted octanol–water partition coefficient (Wildman–Crippen LogP) is 2.46. The Hall–Kier alpha value is -2.57. The molecule has 0 saturated carbocycles. The molecular weight excluding hydrogens is 354 g/mol. The van der Waals surface area contributed by atoms with Crippen LogP contribution < -0.4 is 15.4 Å². The fraction of sp³-hybridized carbons (Fsp3) is 0.263. The maximum atomic E-state index is 13.1. The maximum Gasteiger partial charge on any atom is 0.262 e. The molecule has 2 amide bonds. The van der Waals surface area contributed by atoms with E-state index in [-0.39, 0.29) is 24.5 Å². The van der Waals surface area contributed by atoms with Crippen LogP contribution in [0.25, 0.3) is 0 Å². The van der Waals surface area contributed by atoms with Gasteiger partial charge in [0.15, 0.2) is 6.61 Å². The highest BCUT2D eigenvalue weighted by molar-refractivity contribution is 6.30. The summed E-state index contributed by atoms with van der Waals surface area (Å²) in [6.45, 7) is 1.98. The topological polar surface area (TPSA) is 70.7 Å². The van der Waals surface area contributed by atoms with Crippen molar-refractivity contribution in [1.29, 1.82) is 0 Å². The maximum absolute atomic E-state index is 13.1. The molecule has 1 saturated heterocycles. The van der Waals surface area contributed by atoms with Gasteiger partial charge in [0, 0.05) is 30.2 Å². The highest BCUT2D eigenvalue weighted by Crippen LogP contribution is 2.31. The molecule has 4 rings (SSSR count). The van der Waals surface area contributed by atoms with E-state index in [1.807, 2.05) is 29.2 Å². The van der Waals surface area contributed by atoms with Crippen LogP contribution in [0.1, 0.15) is 22.0 Å². The lowest BCUT2D eigenvalue weighted by molar-refractivity contribution is -0.118. The average Bonchev–Trinajstić information content (AvgIpc) is 2.67. The number of nitrogens with zero attached hydrogens (tertiary/aromatic N) is 1. The smallest absolute Gasteiger partial charge is 0.262 e. The Balaban J connectivity index is 1.63. The van der Waals surface area contributed by atoms with Crippen LogP contribution in [0, 0.1) is 0 Å². The van der Waals surface area contributed by atoms with Gasteiger partial charge >= 0.3 is 0 Å². The molecule has 6 nitrogen and oxygen atoms in total. The molecular formula is C19H18ClN3O3. The van der Waals surface area contributed by atoms with Crippen molar-refractivity contribution in [1.82, 2.24) is 10.2 Å². The van der Waals surface area contributed by atoms with Gasteiger partial charge in [-0.3, -0.25) is 9.59 Å². The minimum absolute atomic E-state index is 0.00503. The van der Waals surface area contributed by atoms with E-state index in [2.05, 4.69) is 10.6 Å². The van der Waals surface area contributed by atoms with Crippen LogP contribution >= 0.6 is 11.6 Å². The van der Waals surface area contributed by atoms with Crippen molar-refractivity contribution in [2.45, 2.75) is 6.04 Å². The fourth-order valence-electron chi connectivity index (χ4n) is 3.34. The number of carbonyl (C=O) groups excluding carboxylic acids is 2. The number of hydrogen-bond acceptors (Lipinski definition) is 4. The van der Waals surface area contributed by atoms with Crippen molar-refractivity contribution in [3.05, 3.63) is 58.6 Å². The third-order valence-electron chi connectivity index (χ3n) is 4.60. The molecule has 26 heavy (non-hydrogen) atoms. The summed E-state index contributed by atoms with van der Waals surface area (Å²) in [5, 5.41) is 6.72. The molecule has 2 heterocycles. The molecule has 2 aromatic carbocycles. The molecule has 1 unspecified atom stereocenters. The molecule has 2 aliphatic rings. The first-order valence-electron chi connectivity index (χ1n) is 8.46. The van der Waals surface area contributed by atoms with Crippen LogP contribution in [0.2, 0.25) is 5.02 Å². The largest absolute Gasteiger partial charge is 0.482 e. The van der Waals surface area contributed by atoms with Gasteiger partial charge in [0.1, 0.15) is 5.75 Å². The summed E-state index contributed by atoms with van der Waals surface area (Å²) in [6, 6.07) is 12.6. The molecule has 0 aromatic heterocycles. The predicted molar refractivity (Wildman–Crippen MR) is 98.7 cm³/mol. The van der Waals surface area contributed by atoms with E-state index in [0.29, 0.717) is 35.1 Å². The van der Waals surface area contributed by atoms with E-state index in [1.54, 1.807) is 18.2 Å². The van der Waals surface area contributed by atoms with Crippen LogP contribution in [0.4, 0.5) is 5.69 Å². The van der Waals surface area contributed by atoms with Crippen molar-refractivity contribution < 1.29 is 14.3 Å². The van der Waals surface area contributed by atoms with E-state index in [9.17, 15) is 9.59 Å². The lowest BCUT2D eigenvalue weighted by Crippen LogP contribution is -2.48.